The van der Waals surface area contributed by atoms with Gasteiger partial charge < -0.3 is 4.90 Å². The van der Waals surface area contributed by atoms with Crippen LogP contribution in [0.25, 0.3) is 0 Å². The number of amidine groups is 1. The second-order valence-electron chi connectivity index (χ2n) is 6.03. The van der Waals surface area contributed by atoms with Crippen molar-refractivity contribution in [1.29, 1.82) is 0 Å². The van der Waals surface area contributed by atoms with Crippen LogP contribution in [0.4, 0.5) is 20.2 Å². The van der Waals surface area contributed by atoms with Gasteiger partial charge in [0.25, 0.3) is 0 Å². The van der Waals surface area contributed by atoms with Gasteiger partial charge in [-0.15, -0.1) is 0 Å². The van der Waals surface area contributed by atoms with E-state index in [1.165, 1.54) is 24.4 Å². The number of benzene rings is 1. The lowest BCUT2D eigenvalue weighted by atomic mass is 9.92. The number of carbonyl (C=O) groups excluding carboxylic acids is 1. The first-order chi connectivity index (χ1) is 12.8. The molecule has 2 aromatic rings. The lowest BCUT2D eigenvalue weighted by Gasteiger charge is -2.30. The third-order valence-corrected chi connectivity index (χ3v) is 5.88. The smallest absolute Gasteiger partial charge is 0.345 e. The number of nitro groups is 1. The maximum absolute atomic E-state index is 13.3. The van der Waals surface area contributed by atoms with Gasteiger partial charge >= 0.3 is 10.8 Å². The van der Waals surface area contributed by atoms with Crippen molar-refractivity contribution in [2.45, 2.75) is 12.8 Å². The van der Waals surface area contributed by atoms with Crippen molar-refractivity contribution in [3.63, 3.8) is 0 Å². The van der Waals surface area contributed by atoms with Crippen LogP contribution >= 0.6 is 27.3 Å². The van der Waals surface area contributed by atoms with E-state index in [1.807, 2.05) is 4.90 Å². The summed E-state index contributed by atoms with van der Waals surface area (Å²) in [7, 11) is 0. The number of Topliss-reactive ketones (excluding diaryl/α,β-unsaturated/α-hetero) is 1. The molecule has 0 bridgehead atoms. The lowest BCUT2D eigenvalue weighted by Crippen LogP contribution is -2.72. The number of carbonyl (C=O) groups is 1. The van der Waals surface area contributed by atoms with Gasteiger partial charge in [0.15, 0.2) is 5.13 Å². The molecule has 0 unspecified atom stereocenters. The number of nitrogens with zero attached hydrogens (tertiary/aromatic N) is 3. The summed E-state index contributed by atoms with van der Waals surface area (Å²) in [6, 6.07) is 4.28. The maximum atomic E-state index is 13.3. The van der Waals surface area contributed by atoms with Gasteiger partial charge in [-0.05, 0) is 52.2 Å². The number of aromatic nitrogens is 1. The Hall–Kier alpha value is -2.40. The maximum Gasteiger partial charge on any atom is 0.345 e. The number of thiazole rings is 1. The van der Waals surface area contributed by atoms with Crippen molar-refractivity contribution in [2.24, 2.45) is 11.7 Å². The van der Waals surface area contributed by atoms with E-state index in [2.05, 4.69) is 25.9 Å². The van der Waals surface area contributed by atoms with E-state index in [4.69, 9.17) is 5.73 Å². The Balaban J connectivity index is 1.62. The summed E-state index contributed by atoms with van der Waals surface area (Å²) in [5.74, 6) is -0.829. The molecular formula is C16H16BrFN5O3S+. The fraction of sp³-hybridized carbons (Fsp3) is 0.312. The average molecular weight is 457 g/mol. The molecule has 2 heterocycles. The number of nitrogens with two attached hydrogens (primary N) is 1. The number of anilines is 1. The molecule has 27 heavy (non-hydrogen) atoms. The summed E-state index contributed by atoms with van der Waals surface area (Å²) in [5, 5.41) is 11.3. The highest BCUT2D eigenvalue weighted by atomic mass is 79.9. The van der Waals surface area contributed by atoms with E-state index in [1.54, 1.807) is 0 Å². The van der Waals surface area contributed by atoms with Crippen LogP contribution in [0.1, 0.15) is 12.8 Å². The molecule has 1 aliphatic rings. The fourth-order valence-corrected chi connectivity index (χ4v) is 3.99. The Morgan fingerprint density at radius 3 is 2.74 bits per heavy atom. The molecule has 1 aromatic carbocycles. The molecule has 3 N–H and O–H groups in total. The second kappa shape index (κ2) is 8.09. The molecule has 8 nitrogen and oxygen atoms in total. The molecule has 0 amide bonds. The molecule has 1 saturated heterocycles. The molecule has 1 aromatic heterocycles. The van der Waals surface area contributed by atoms with Gasteiger partial charge in [-0.3, -0.25) is 20.6 Å². The van der Waals surface area contributed by atoms with Crippen LogP contribution in [0.3, 0.4) is 0 Å². The van der Waals surface area contributed by atoms with Gasteiger partial charge in [-0.1, -0.05) is 0 Å². The summed E-state index contributed by atoms with van der Waals surface area (Å²) in [6.45, 7) is 1.13. The summed E-state index contributed by atoms with van der Waals surface area (Å²) < 4.78 is 13.6. The lowest BCUT2D eigenvalue weighted by molar-refractivity contribution is -0.380. The number of hydrogen-bond donors (Lipinski definition) is 2. The Morgan fingerprint density at radius 1 is 1.44 bits per heavy atom. The zero-order valence-electron chi connectivity index (χ0n) is 14.0. The largest absolute Gasteiger partial charge is 0.348 e. The average Bonchev–Trinajstić information content (AvgIpc) is 3.15. The topological polar surface area (TPSA) is 116 Å². The summed E-state index contributed by atoms with van der Waals surface area (Å²) in [6.07, 6.45) is 2.39. The number of rotatable bonds is 5. The molecule has 11 heteroatoms. The van der Waals surface area contributed by atoms with Crippen LogP contribution in [-0.4, -0.2) is 34.6 Å². The van der Waals surface area contributed by atoms with E-state index in [0.717, 1.165) is 11.3 Å². The summed E-state index contributed by atoms with van der Waals surface area (Å²) in [4.78, 5) is 31.7. The zero-order valence-corrected chi connectivity index (χ0v) is 16.4. The Labute approximate surface area is 166 Å². The standard InChI is InChI=1S/C16H15BrFN5O3S/c17-11-7-10(1-2-12(11)18)21-15(19)14(24)9-3-5-22(6-4-9)16-20-8-13(27-16)23(25)26/h1-2,7-9H,3-6H2,(H2,19,21)/p+1. The highest BCUT2D eigenvalue weighted by Crippen LogP contribution is 2.31. The third kappa shape index (κ3) is 4.48. The Morgan fingerprint density at radius 2 is 2.15 bits per heavy atom. The van der Waals surface area contributed by atoms with E-state index >= 15 is 0 Å². The number of hydrogen-bond acceptors (Lipinski definition) is 6. The van der Waals surface area contributed by atoms with Gasteiger partial charge in [0.1, 0.15) is 17.7 Å². The number of nitrogens with one attached hydrogen (secondary N) is 1. The van der Waals surface area contributed by atoms with Crippen LogP contribution in [0.15, 0.2) is 28.9 Å². The van der Waals surface area contributed by atoms with Crippen molar-refractivity contribution in [1.82, 2.24) is 4.98 Å². The first kappa shape index (κ1) is 19.4. The first-order valence-electron chi connectivity index (χ1n) is 8.09. The van der Waals surface area contributed by atoms with Crippen molar-refractivity contribution < 1.29 is 19.1 Å². The molecule has 0 saturated carbocycles. The molecule has 142 valence electrons. The highest BCUT2D eigenvalue weighted by molar-refractivity contribution is 9.10. The molecule has 0 spiro atoms. The minimum Gasteiger partial charge on any atom is -0.348 e. The highest BCUT2D eigenvalue weighted by Gasteiger charge is 2.31. The monoisotopic (exact) mass is 456 g/mol. The van der Waals surface area contributed by atoms with Crippen LogP contribution in [0.5, 0.6) is 0 Å². The molecule has 1 aliphatic heterocycles. The molecule has 0 radical (unpaired) electrons. The third-order valence-electron chi connectivity index (χ3n) is 4.26. The van der Waals surface area contributed by atoms with Gasteiger partial charge in [-0.25, -0.2) is 14.4 Å². The number of piperidine rings is 1. The van der Waals surface area contributed by atoms with E-state index in [9.17, 15) is 19.3 Å². The molecule has 0 aliphatic carbocycles. The van der Waals surface area contributed by atoms with Crippen molar-refractivity contribution in [3.05, 3.63) is 44.8 Å². The predicted molar refractivity (Wildman–Crippen MR) is 103 cm³/mol. The van der Waals surface area contributed by atoms with Gasteiger partial charge in [0, 0.05) is 25.1 Å². The fourth-order valence-electron chi connectivity index (χ4n) is 2.83. The van der Waals surface area contributed by atoms with Crippen LogP contribution in [-0.2, 0) is 4.79 Å². The van der Waals surface area contributed by atoms with E-state index < -0.39 is 10.7 Å². The van der Waals surface area contributed by atoms with Crippen molar-refractivity contribution in [3.8, 4) is 0 Å². The SMILES string of the molecule is NC(=[NH+]c1ccc(F)c(Br)c1)C(=O)C1CCN(c2ncc([N+](=O)[O-])s2)CC1. The van der Waals surface area contributed by atoms with Gasteiger partial charge in [0.2, 0.25) is 5.78 Å². The minimum absolute atomic E-state index is 0.00423. The molecule has 0 atom stereocenters. The number of ketones is 1. The summed E-state index contributed by atoms with van der Waals surface area (Å²) >= 11 is 4.11. The van der Waals surface area contributed by atoms with Crippen LogP contribution in [0.2, 0.25) is 0 Å². The quantitative estimate of drug-likeness (QED) is 0.304. The van der Waals surface area contributed by atoms with E-state index in [0.29, 0.717) is 36.8 Å². The summed E-state index contributed by atoms with van der Waals surface area (Å²) in [5.41, 5.74) is 6.41. The number of halogens is 2. The second-order valence-corrected chi connectivity index (χ2v) is 7.87. The molecule has 3 rings (SSSR count). The molecule has 1 fully saturated rings. The Kier molecular flexibility index (Phi) is 5.80. The normalized spacial score (nSPS) is 15.8. The predicted octanol–water partition coefficient (Wildman–Crippen LogP) is 1.51. The minimum atomic E-state index is -0.466. The van der Waals surface area contributed by atoms with Crippen molar-refractivity contribution >= 4 is 54.7 Å². The van der Waals surface area contributed by atoms with Crippen molar-refractivity contribution in [2.75, 3.05) is 18.0 Å². The van der Waals surface area contributed by atoms with Crippen LogP contribution in [0, 0.1) is 21.8 Å². The van der Waals surface area contributed by atoms with Crippen LogP contribution < -0.4 is 15.6 Å². The first-order valence-corrected chi connectivity index (χ1v) is 9.70. The van der Waals surface area contributed by atoms with Gasteiger partial charge in [0.05, 0.1) is 9.40 Å². The van der Waals surface area contributed by atoms with Gasteiger partial charge in [-0.2, -0.15) is 0 Å². The molecular weight excluding hydrogens is 441 g/mol. The Bertz CT molecular complexity index is 911. The zero-order chi connectivity index (χ0) is 19.6. The van der Waals surface area contributed by atoms with E-state index in [-0.39, 0.29) is 27.0 Å².